The molecule has 0 spiro atoms. The Morgan fingerprint density at radius 1 is 1.11 bits per heavy atom. The molecule has 2 fully saturated rings. The van der Waals surface area contributed by atoms with Crippen molar-refractivity contribution < 1.29 is 4.79 Å². The fourth-order valence-corrected chi connectivity index (χ4v) is 4.11. The third-order valence-corrected chi connectivity index (χ3v) is 5.63. The van der Waals surface area contributed by atoms with Crippen LogP contribution in [0.5, 0.6) is 0 Å². The number of nitrogens with zero attached hydrogens (tertiary/aromatic N) is 6. The molecule has 0 unspecified atom stereocenters. The van der Waals surface area contributed by atoms with Crippen LogP contribution in [0, 0.1) is 6.92 Å². The lowest BCUT2D eigenvalue weighted by Gasteiger charge is -2.40. The molecule has 3 heterocycles. The second-order valence-electron chi connectivity index (χ2n) is 7.43. The molecule has 8 nitrogen and oxygen atoms in total. The number of amides is 2. The summed E-state index contributed by atoms with van der Waals surface area (Å²) in [5.74, 6) is 0.707. The van der Waals surface area contributed by atoms with Gasteiger partial charge in [-0.25, -0.2) is 4.79 Å². The van der Waals surface area contributed by atoms with Crippen LogP contribution in [0.4, 0.5) is 10.5 Å². The number of carbonyl (C=O) groups excluding carboxylic acids is 1. The fourth-order valence-electron chi connectivity index (χ4n) is 4.11. The van der Waals surface area contributed by atoms with Crippen LogP contribution in [-0.2, 0) is 0 Å². The van der Waals surface area contributed by atoms with Crippen molar-refractivity contribution in [3.63, 3.8) is 0 Å². The molecule has 144 valence electrons. The minimum Gasteiger partial charge on any atom is -0.324 e. The number of hydrogen-bond donors (Lipinski definition) is 1. The number of anilines is 1. The highest BCUT2D eigenvalue weighted by atomic mass is 16.2. The number of benzene rings is 1. The minimum absolute atomic E-state index is 0.0299. The van der Waals surface area contributed by atoms with E-state index < -0.39 is 0 Å². The molecular formula is C19H27N7O. The Morgan fingerprint density at radius 3 is 2.59 bits per heavy atom. The fraction of sp³-hybridized carbons (Fsp3) is 0.579. The zero-order valence-corrected chi connectivity index (χ0v) is 15.8. The quantitative estimate of drug-likeness (QED) is 0.899. The second kappa shape index (κ2) is 8.04. The number of nitrogens with one attached hydrogen (secondary N) is 1. The number of carbonyl (C=O) groups is 1. The van der Waals surface area contributed by atoms with Crippen LogP contribution >= 0.6 is 0 Å². The van der Waals surface area contributed by atoms with E-state index in [0.29, 0.717) is 11.9 Å². The zero-order chi connectivity index (χ0) is 18.6. The number of aromatic nitrogens is 4. The first kappa shape index (κ1) is 17.9. The Labute approximate surface area is 159 Å². The van der Waals surface area contributed by atoms with Crippen molar-refractivity contribution in [1.82, 2.24) is 30.0 Å². The third kappa shape index (κ3) is 4.10. The SMILES string of the molecule is Cc1nnnn1-c1cccc(NC(=O)N2CCC(N3CCCCC3)CC2)c1. The Morgan fingerprint density at radius 2 is 1.89 bits per heavy atom. The van der Waals surface area contributed by atoms with Gasteiger partial charge >= 0.3 is 6.03 Å². The zero-order valence-electron chi connectivity index (χ0n) is 15.8. The Balaban J connectivity index is 1.34. The van der Waals surface area contributed by atoms with Crippen LogP contribution in [-0.4, -0.2) is 68.3 Å². The number of aryl methyl sites for hydroxylation is 1. The van der Waals surface area contributed by atoms with Crippen molar-refractivity contribution in [3.8, 4) is 5.69 Å². The number of hydrogen-bond acceptors (Lipinski definition) is 5. The summed E-state index contributed by atoms with van der Waals surface area (Å²) >= 11 is 0. The van der Waals surface area contributed by atoms with E-state index in [2.05, 4.69) is 25.7 Å². The summed E-state index contributed by atoms with van der Waals surface area (Å²) in [6, 6.07) is 8.21. The molecule has 27 heavy (non-hydrogen) atoms. The van der Waals surface area contributed by atoms with E-state index >= 15 is 0 Å². The molecule has 2 saturated heterocycles. The Hall–Kier alpha value is -2.48. The number of rotatable bonds is 3. The maximum absolute atomic E-state index is 12.7. The highest BCUT2D eigenvalue weighted by Gasteiger charge is 2.27. The number of urea groups is 1. The molecule has 8 heteroatoms. The molecule has 0 bridgehead atoms. The van der Waals surface area contributed by atoms with Gasteiger partial charge in [-0.1, -0.05) is 12.5 Å². The lowest BCUT2D eigenvalue weighted by atomic mass is 10.0. The van der Waals surface area contributed by atoms with E-state index in [0.717, 1.165) is 37.3 Å². The van der Waals surface area contributed by atoms with E-state index in [1.54, 1.807) is 4.68 Å². The van der Waals surface area contributed by atoms with Crippen molar-refractivity contribution >= 4 is 11.7 Å². The largest absolute Gasteiger partial charge is 0.324 e. The van der Waals surface area contributed by atoms with Crippen LogP contribution in [0.25, 0.3) is 5.69 Å². The first-order chi connectivity index (χ1) is 13.2. The summed E-state index contributed by atoms with van der Waals surface area (Å²) in [6.45, 7) is 5.93. The number of piperidine rings is 2. The van der Waals surface area contributed by atoms with Crippen LogP contribution in [0.3, 0.4) is 0 Å². The standard InChI is InChI=1S/C19H27N7O/c1-15-21-22-23-26(15)18-7-5-6-16(14-18)20-19(27)25-12-8-17(9-13-25)24-10-3-2-4-11-24/h5-7,14,17H,2-4,8-13H2,1H3,(H,20,27). The van der Waals surface area contributed by atoms with Crippen molar-refractivity contribution in [2.45, 2.75) is 45.1 Å². The van der Waals surface area contributed by atoms with E-state index in [1.807, 2.05) is 36.1 Å². The smallest absolute Gasteiger partial charge is 0.321 e. The summed E-state index contributed by atoms with van der Waals surface area (Å²) in [7, 11) is 0. The molecule has 0 aliphatic carbocycles. The molecule has 1 aromatic heterocycles. The predicted octanol–water partition coefficient (Wildman–Crippen LogP) is 2.45. The minimum atomic E-state index is -0.0299. The molecule has 1 N–H and O–H groups in total. The summed E-state index contributed by atoms with van der Waals surface area (Å²) in [5.41, 5.74) is 1.59. The van der Waals surface area contributed by atoms with Crippen LogP contribution < -0.4 is 5.32 Å². The van der Waals surface area contributed by atoms with Crippen LogP contribution in [0.15, 0.2) is 24.3 Å². The molecule has 4 rings (SSSR count). The highest BCUT2D eigenvalue weighted by Crippen LogP contribution is 2.22. The van der Waals surface area contributed by atoms with Gasteiger partial charge < -0.3 is 15.1 Å². The lowest BCUT2D eigenvalue weighted by Crippen LogP contribution is -2.49. The van der Waals surface area contributed by atoms with Gasteiger partial charge in [0.2, 0.25) is 0 Å². The highest BCUT2D eigenvalue weighted by molar-refractivity contribution is 5.89. The van der Waals surface area contributed by atoms with Gasteiger partial charge in [-0.2, -0.15) is 4.68 Å². The van der Waals surface area contributed by atoms with Crippen molar-refractivity contribution in [1.29, 1.82) is 0 Å². The number of tetrazole rings is 1. The molecule has 2 amide bonds. The van der Waals surface area contributed by atoms with Gasteiger partial charge in [-0.05, 0) is 74.3 Å². The maximum Gasteiger partial charge on any atom is 0.321 e. The van der Waals surface area contributed by atoms with E-state index in [1.165, 1.54) is 32.4 Å². The monoisotopic (exact) mass is 369 g/mol. The van der Waals surface area contributed by atoms with Gasteiger partial charge in [0.1, 0.15) is 0 Å². The van der Waals surface area contributed by atoms with Gasteiger partial charge in [-0.3, -0.25) is 0 Å². The van der Waals surface area contributed by atoms with Crippen LogP contribution in [0.1, 0.15) is 37.9 Å². The first-order valence-electron chi connectivity index (χ1n) is 9.86. The van der Waals surface area contributed by atoms with Gasteiger partial charge in [0.05, 0.1) is 5.69 Å². The molecule has 2 aromatic rings. The van der Waals surface area contributed by atoms with Crippen molar-refractivity contribution in [3.05, 3.63) is 30.1 Å². The molecule has 2 aliphatic heterocycles. The summed E-state index contributed by atoms with van der Waals surface area (Å²) < 4.78 is 1.65. The normalized spacial score (nSPS) is 19.2. The predicted molar refractivity (Wildman–Crippen MR) is 103 cm³/mol. The van der Waals surface area contributed by atoms with E-state index in [4.69, 9.17) is 0 Å². The molecular weight excluding hydrogens is 342 g/mol. The molecule has 2 aliphatic rings. The summed E-state index contributed by atoms with van der Waals surface area (Å²) in [4.78, 5) is 17.2. The van der Waals surface area contributed by atoms with Crippen molar-refractivity contribution in [2.75, 3.05) is 31.5 Å². The maximum atomic E-state index is 12.7. The number of likely N-dealkylation sites (tertiary alicyclic amines) is 2. The average Bonchev–Trinajstić information content (AvgIpc) is 3.15. The van der Waals surface area contributed by atoms with Gasteiger partial charge in [0, 0.05) is 24.8 Å². The lowest BCUT2D eigenvalue weighted by molar-refractivity contribution is 0.104. The van der Waals surface area contributed by atoms with Crippen LogP contribution in [0.2, 0.25) is 0 Å². The first-order valence-corrected chi connectivity index (χ1v) is 9.86. The average molecular weight is 369 g/mol. The molecule has 1 aromatic carbocycles. The Bertz CT molecular complexity index is 776. The topological polar surface area (TPSA) is 79.2 Å². The third-order valence-electron chi connectivity index (χ3n) is 5.63. The summed E-state index contributed by atoms with van der Waals surface area (Å²) in [6.07, 6.45) is 6.13. The Kier molecular flexibility index (Phi) is 5.33. The second-order valence-corrected chi connectivity index (χ2v) is 7.43. The van der Waals surface area contributed by atoms with Gasteiger partial charge in [0.25, 0.3) is 0 Å². The molecule has 0 radical (unpaired) electrons. The van der Waals surface area contributed by atoms with E-state index in [9.17, 15) is 4.79 Å². The van der Waals surface area contributed by atoms with Gasteiger partial charge in [0.15, 0.2) is 5.82 Å². The van der Waals surface area contributed by atoms with Gasteiger partial charge in [-0.15, -0.1) is 5.10 Å². The van der Waals surface area contributed by atoms with E-state index in [-0.39, 0.29) is 6.03 Å². The molecule has 0 atom stereocenters. The summed E-state index contributed by atoms with van der Waals surface area (Å²) in [5, 5.41) is 14.6. The van der Waals surface area contributed by atoms with Crippen molar-refractivity contribution in [2.24, 2.45) is 0 Å². The molecule has 0 saturated carbocycles.